The van der Waals surface area contributed by atoms with Crippen molar-refractivity contribution in [2.75, 3.05) is 0 Å². The average molecular weight is 407 g/mol. The second kappa shape index (κ2) is 8.33. The molecule has 0 atom stereocenters. The van der Waals surface area contributed by atoms with Crippen molar-refractivity contribution in [1.82, 2.24) is 9.55 Å². The molecule has 0 radical (unpaired) electrons. The Labute approximate surface area is 163 Å². The summed E-state index contributed by atoms with van der Waals surface area (Å²) < 4.78 is 20.4. The Balaban J connectivity index is 1.93. The van der Waals surface area contributed by atoms with Gasteiger partial charge in [-0.15, -0.1) is 0 Å². The molecule has 0 spiro atoms. The summed E-state index contributed by atoms with van der Waals surface area (Å²) in [6.07, 6.45) is 0. The number of hydrogen-bond donors (Lipinski definition) is 0. The fourth-order valence-corrected chi connectivity index (χ4v) is 3.00. The molecule has 3 aromatic rings. The first-order valence-corrected chi connectivity index (χ1v) is 8.63. The molecule has 0 unspecified atom stereocenters. The van der Waals surface area contributed by atoms with Crippen LogP contribution in [0.4, 0.5) is 4.39 Å². The van der Waals surface area contributed by atoms with E-state index in [2.05, 4.69) is 4.98 Å². The molecule has 0 saturated heterocycles. The molecule has 0 amide bonds. The number of halogens is 3. The largest absolute Gasteiger partial charge is 0.459 e. The van der Waals surface area contributed by atoms with Gasteiger partial charge >= 0.3 is 5.97 Å². The summed E-state index contributed by atoms with van der Waals surface area (Å²) in [6.45, 7) is -0.451. The van der Waals surface area contributed by atoms with E-state index in [1.165, 1.54) is 18.2 Å². The molecule has 8 heteroatoms. The molecule has 27 heavy (non-hydrogen) atoms. The summed E-state index contributed by atoms with van der Waals surface area (Å²) in [6, 6.07) is 14.8. The predicted octanol–water partition coefficient (Wildman–Crippen LogP) is 4.10. The number of nitrogens with zero attached hydrogens (tertiary/aromatic N) is 2. The van der Waals surface area contributed by atoms with Crippen LogP contribution in [0.2, 0.25) is 10.3 Å². The van der Waals surface area contributed by atoms with Crippen molar-refractivity contribution in [3.8, 4) is 11.3 Å². The van der Waals surface area contributed by atoms with Crippen LogP contribution >= 0.6 is 23.2 Å². The average Bonchev–Trinajstić information content (AvgIpc) is 2.66. The topological polar surface area (TPSA) is 61.2 Å². The highest BCUT2D eigenvalue weighted by molar-refractivity contribution is 6.33. The summed E-state index contributed by atoms with van der Waals surface area (Å²) in [5, 5.41) is -0.614. The van der Waals surface area contributed by atoms with Crippen molar-refractivity contribution in [3.63, 3.8) is 0 Å². The Morgan fingerprint density at radius 1 is 1.04 bits per heavy atom. The van der Waals surface area contributed by atoms with Crippen molar-refractivity contribution in [1.29, 1.82) is 0 Å². The standard InChI is InChI=1S/C19H13Cl2FN2O3/c20-17-16(13-8-4-5-9-14(13)22)24(19(26)18(21)23-17)10-15(25)27-11-12-6-2-1-3-7-12/h1-9H,10-11H2. The molecule has 2 aromatic carbocycles. The highest BCUT2D eigenvalue weighted by atomic mass is 35.5. The van der Waals surface area contributed by atoms with Crippen LogP contribution in [0.5, 0.6) is 0 Å². The Bertz CT molecular complexity index is 1040. The normalized spacial score (nSPS) is 10.6. The van der Waals surface area contributed by atoms with E-state index in [0.29, 0.717) is 0 Å². The van der Waals surface area contributed by atoms with E-state index in [4.69, 9.17) is 27.9 Å². The van der Waals surface area contributed by atoms with Gasteiger partial charge in [-0.05, 0) is 17.7 Å². The van der Waals surface area contributed by atoms with E-state index < -0.39 is 29.0 Å². The van der Waals surface area contributed by atoms with Gasteiger partial charge in [0, 0.05) is 5.56 Å². The molecule has 138 valence electrons. The van der Waals surface area contributed by atoms with E-state index in [1.807, 2.05) is 18.2 Å². The highest BCUT2D eigenvalue weighted by Crippen LogP contribution is 2.28. The predicted molar refractivity (Wildman–Crippen MR) is 100 cm³/mol. The van der Waals surface area contributed by atoms with Gasteiger partial charge in [0.1, 0.15) is 19.0 Å². The second-order valence-electron chi connectivity index (χ2n) is 5.56. The number of rotatable bonds is 5. The number of carbonyl (C=O) groups excluding carboxylic acids is 1. The zero-order chi connectivity index (χ0) is 19.4. The molecule has 0 aliphatic heterocycles. The minimum absolute atomic E-state index is 0.0274. The molecule has 5 nitrogen and oxygen atoms in total. The third-order valence-electron chi connectivity index (χ3n) is 3.74. The van der Waals surface area contributed by atoms with Crippen molar-refractivity contribution >= 4 is 29.2 Å². The molecule has 0 bridgehead atoms. The molecule has 0 fully saturated rings. The van der Waals surface area contributed by atoms with Gasteiger partial charge in [0.05, 0.1) is 5.69 Å². The van der Waals surface area contributed by atoms with Gasteiger partial charge in [-0.3, -0.25) is 14.2 Å². The Hall–Kier alpha value is -2.70. The van der Waals surface area contributed by atoms with Crippen LogP contribution in [-0.4, -0.2) is 15.5 Å². The summed E-state index contributed by atoms with van der Waals surface area (Å²) in [7, 11) is 0. The number of aromatic nitrogens is 2. The Morgan fingerprint density at radius 3 is 2.41 bits per heavy atom. The molecule has 0 aliphatic rings. The maximum Gasteiger partial charge on any atom is 0.326 e. The third-order valence-corrected chi connectivity index (χ3v) is 4.25. The van der Waals surface area contributed by atoms with Crippen LogP contribution in [0.1, 0.15) is 5.56 Å². The fourth-order valence-electron chi connectivity index (χ4n) is 2.48. The van der Waals surface area contributed by atoms with Crippen molar-refractivity contribution < 1.29 is 13.9 Å². The molecule has 0 N–H and O–H groups in total. The number of benzene rings is 2. The zero-order valence-electron chi connectivity index (χ0n) is 13.9. The summed E-state index contributed by atoms with van der Waals surface area (Å²) in [5.74, 6) is -1.31. The molecular weight excluding hydrogens is 394 g/mol. The molecule has 0 aliphatic carbocycles. The van der Waals surface area contributed by atoms with Crippen molar-refractivity contribution in [2.24, 2.45) is 0 Å². The highest BCUT2D eigenvalue weighted by Gasteiger charge is 2.21. The van der Waals surface area contributed by atoms with Crippen molar-refractivity contribution in [3.05, 3.63) is 86.6 Å². The maximum absolute atomic E-state index is 14.2. The Morgan fingerprint density at radius 2 is 1.70 bits per heavy atom. The molecule has 0 saturated carbocycles. The number of esters is 1. The minimum Gasteiger partial charge on any atom is -0.459 e. The van der Waals surface area contributed by atoms with Crippen LogP contribution in [0.25, 0.3) is 11.3 Å². The van der Waals surface area contributed by atoms with Crippen LogP contribution < -0.4 is 5.56 Å². The minimum atomic E-state index is -0.768. The lowest BCUT2D eigenvalue weighted by molar-refractivity contribution is -0.145. The van der Waals surface area contributed by atoms with Gasteiger partial charge in [0.15, 0.2) is 10.3 Å². The van der Waals surface area contributed by atoms with Gasteiger partial charge in [-0.2, -0.15) is 0 Å². The van der Waals surface area contributed by atoms with Crippen LogP contribution in [0.3, 0.4) is 0 Å². The fraction of sp³-hybridized carbons (Fsp3) is 0.105. The van der Waals surface area contributed by atoms with E-state index in [1.54, 1.807) is 18.2 Å². The zero-order valence-corrected chi connectivity index (χ0v) is 15.4. The summed E-state index contributed by atoms with van der Waals surface area (Å²) in [4.78, 5) is 28.4. The first-order chi connectivity index (χ1) is 13.0. The molecule has 3 rings (SSSR count). The van der Waals surface area contributed by atoms with Gasteiger partial charge in [-0.25, -0.2) is 9.37 Å². The van der Waals surface area contributed by atoms with Crippen LogP contribution in [-0.2, 0) is 22.7 Å². The number of ether oxygens (including phenoxy) is 1. The van der Waals surface area contributed by atoms with Gasteiger partial charge in [0.2, 0.25) is 0 Å². The van der Waals surface area contributed by atoms with Crippen LogP contribution in [0, 0.1) is 5.82 Å². The van der Waals surface area contributed by atoms with Crippen molar-refractivity contribution in [2.45, 2.75) is 13.2 Å². The van der Waals surface area contributed by atoms with E-state index in [0.717, 1.165) is 10.1 Å². The monoisotopic (exact) mass is 406 g/mol. The number of carbonyl (C=O) groups is 1. The Kier molecular flexibility index (Phi) is 5.88. The van der Waals surface area contributed by atoms with Crippen LogP contribution in [0.15, 0.2) is 59.4 Å². The third kappa shape index (κ3) is 4.35. The first kappa shape index (κ1) is 19.1. The quantitative estimate of drug-likeness (QED) is 0.598. The SMILES string of the molecule is O=C(Cn1c(-c2ccccc2F)c(Cl)nc(Cl)c1=O)OCc1ccccc1. The lowest BCUT2D eigenvalue weighted by Gasteiger charge is -2.15. The molecule has 1 heterocycles. The second-order valence-corrected chi connectivity index (χ2v) is 6.28. The molecule has 1 aromatic heterocycles. The summed E-state index contributed by atoms with van der Waals surface area (Å²) in [5.41, 5.74) is 0.00903. The summed E-state index contributed by atoms with van der Waals surface area (Å²) >= 11 is 11.9. The van der Waals surface area contributed by atoms with E-state index >= 15 is 0 Å². The molecular formula is C19H13Cl2FN2O3. The van der Waals surface area contributed by atoms with Gasteiger partial charge in [0.25, 0.3) is 5.56 Å². The number of hydrogen-bond acceptors (Lipinski definition) is 4. The van der Waals surface area contributed by atoms with Gasteiger partial charge in [-0.1, -0.05) is 65.7 Å². The van der Waals surface area contributed by atoms with Gasteiger partial charge < -0.3 is 4.74 Å². The smallest absolute Gasteiger partial charge is 0.326 e. The van der Waals surface area contributed by atoms with E-state index in [-0.39, 0.29) is 23.0 Å². The lowest BCUT2D eigenvalue weighted by Crippen LogP contribution is -2.28. The lowest BCUT2D eigenvalue weighted by atomic mass is 10.1. The van der Waals surface area contributed by atoms with E-state index in [9.17, 15) is 14.0 Å². The first-order valence-electron chi connectivity index (χ1n) is 7.87. The maximum atomic E-state index is 14.2.